The number of benzene rings is 6. The molecule has 2 aliphatic rings. The van der Waals surface area contributed by atoms with E-state index in [2.05, 4.69) is 112 Å². The summed E-state index contributed by atoms with van der Waals surface area (Å²) in [5.41, 5.74) is 12.9. The monoisotopic (exact) mass is 600 g/mol. The van der Waals surface area contributed by atoms with Crippen molar-refractivity contribution >= 4 is 0 Å². The molecule has 226 valence electrons. The maximum absolute atomic E-state index is 6.74. The number of rotatable bonds is 1. The first-order chi connectivity index (χ1) is 22.2. The Morgan fingerprint density at radius 3 is 1.37 bits per heavy atom. The number of para-hydroxylation sites is 3. The van der Waals surface area contributed by atoms with Crippen LogP contribution in [0.3, 0.4) is 0 Å². The number of hydrogen-bond donors (Lipinski definition) is 0. The highest BCUT2D eigenvalue weighted by Crippen LogP contribution is 2.53. The summed E-state index contributed by atoms with van der Waals surface area (Å²) in [4.78, 5) is 0. The highest BCUT2D eigenvalue weighted by molar-refractivity contribution is 6.04. The predicted octanol–water partition coefficient (Wildman–Crippen LogP) is 11.9. The fourth-order valence-electron chi connectivity index (χ4n) is 6.94. The summed E-state index contributed by atoms with van der Waals surface area (Å²) in [7, 11) is 0. The molecule has 0 fully saturated rings. The quantitative estimate of drug-likeness (QED) is 0.188. The Bertz CT molecular complexity index is 2150. The van der Waals surface area contributed by atoms with Crippen LogP contribution in [0.1, 0.15) is 40.2 Å². The Kier molecular flexibility index (Phi) is 6.37. The molecule has 6 aromatic rings. The average Bonchev–Trinajstić information content (AvgIpc) is 3.04. The van der Waals surface area contributed by atoms with Crippen molar-refractivity contribution in [2.75, 3.05) is 0 Å². The lowest BCUT2D eigenvalue weighted by Gasteiger charge is -2.33. The van der Waals surface area contributed by atoms with E-state index in [1.807, 2.05) is 50.2 Å². The van der Waals surface area contributed by atoms with Crippen LogP contribution in [-0.4, -0.2) is 5.79 Å². The summed E-state index contributed by atoms with van der Waals surface area (Å²) in [5.74, 6) is 1.73. The molecule has 6 aromatic carbocycles. The van der Waals surface area contributed by atoms with Crippen LogP contribution in [-0.2, 0) is 5.41 Å². The SMILES string of the molecule is CC1(C)Oc2ccccc2Oc2c(cccc2-c2cc3c(cc2C(C)(C)C)-c2ccccc2-c2ccccc2-c2ccccc2-3)O1. The first-order valence-corrected chi connectivity index (χ1v) is 15.9. The van der Waals surface area contributed by atoms with E-state index in [0.29, 0.717) is 23.0 Å². The van der Waals surface area contributed by atoms with Crippen LogP contribution in [0.2, 0.25) is 0 Å². The Hall–Kier alpha value is -5.28. The highest BCUT2D eigenvalue weighted by Gasteiger charge is 2.32. The molecule has 0 amide bonds. The van der Waals surface area contributed by atoms with Crippen molar-refractivity contribution < 1.29 is 14.2 Å². The minimum atomic E-state index is -0.901. The van der Waals surface area contributed by atoms with Crippen LogP contribution in [0.4, 0.5) is 0 Å². The number of fused-ring (bicyclic) bond motifs is 10. The Balaban J connectivity index is 1.46. The topological polar surface area (TPSA) is 27.7 Å². The van der Waals surface area contributed by atoms with Crippen molar-refractivity contribution in [3.8, 4) is 78.6 Å². The van der Waals surface area contributed by atoms with Gasteiger partial charge in [0.2, 0.25) is 5.79 Å². The first-order valence-electron chi connectivity index (χ1n) is 15.9. The molecule has 1 aliphatic heterocycles. The molecular formula is C43H36O3. The maximum atomic E-state index is 6.74. The largest absolute Gasteiger partial charge is 0.449 e. The third-order valence-corrected chi connectivity index (χ3v) is 8.95. The minimum absolute atomic E-state index is 0.176. The van der Waals surface area contributed by atoms with E-state index >= 15 is 0 Å². The van der Waals surface area contributed by atoms with Gasteiger partial charge in [-0.05, 0) is 91.4 Å². The lowest BCUT2D eigenvalue weighted by atomic mass is 9.75. The standard InChI is InChI=1S/C43H36O3/c1-42(2,3)37-26-35-32-20-11-9-18-30(32)28-16-7-6-15-27(28)29-17-8-10-19-31(29)34(35)25-36(37)33-21-14-24-40-41(33)44-38-22-12-13-23-39(38)45-43(4,5)46-40/h6-26H,1-5H3. The normalized spacial score (nSPS) is 14.0. The second-order valence-electron chi connectivity index (χ2n) is 13.6. The minimum Gasteiger partial charge on any atom is -0.449 e. The van der Waals surface area contributed by atoms with Crippen molar-refractivity contribution in [3.05, 3.63) is 133 Å². The van der Waals surface area contributed by atoms with Crippen LogP contribution in [0.25, 0.3) is 55.6 Å². The van der Waals surface area contributed by atoms with Gasteiger partial charge in [0.15, 0.2) is 23.0 Å². The van der Waals surface area contributed by atoms with Gasteiger partial charge >= 0.3 is 0 Å². The molecule has 0 spiro atoms. The molecule has 0 bridgehead atoms. The number of hydrogen-bond acceptors (Lipinski definition) is 3. The molecule has 1 heterocycles. The van der Waals surface area contributed by atoms with E-state index < -0.39 is 5.79 Å². The van der Waals surface area contributed by atoms with Crippen molar-refractivity contribution in [2.45, 2.75) is 45.8 Å². The van der Waals surface area contributed by atoms with E-state index in [9.17, 15) is 0 Å². The molecule has 0 saturated heterocycles. The zero-order valence-electron chi connectivity index (χ0n) is 26.8. The highest BCUT2D eigenvalue weighted by atomic mass is 16.7. The summed E-state index contributed by atoms with van der Waals surface area (Å²) in [6.07, 6.45) is 0. The fraction of sp³-hybridized carbons (Fsp3) is 0.163. The molecule has 8 rings (SSSR count). The van der Waals surface area contributed by atoms with Crippen molar-refractivity contribution in [1.82, 2.24) is 0 Å². The van der Waals surface area contributed by atoms with E-state index in [-0.39, 0.29) is 5.41 Å². The third kappa shape index (κ3) is 4.66. The summed E-state index contributed by atoms with van der Waals surface area (Å²) < 4.78 is 19.5. The van der Waals surface area contributed by atoms with E-state index in [1.165, 1.54) is 50.1 Å². The van der Waals surface area contributed by atoms with E-state index in [1.54, 1.807) is 0 Å². The van der Waals surface area contributed by atoms with Crippen molar-refractivity contribution in [2.24, 2.45) is 0 Å². The van der Waals surface area contributed by atoms with E-state index in [4.69, 9.17) is 14.2 Å². The summed E-state index contributed by atoms with van der Waals surface area (Å²) in [6.45, 7) is 10.7. The third-order valence-electron chi connectivity index (χ3n) is 8.95. The molecule has 0 atom stereocenters. The van der Waals surface area contributed by atoms with Gasteiger partial charge in [0, 0.05) is 19.4 Å². The zero-order chi connectivity index (χ0) is 31.6. The Labute approximate surface area is 271 Å². The van der Waals surface area contributed by atoms with Crippen LogP contribution in [0, 0.1) is 0 Å². The lowest BCUT2D eigenvalue weighted by Crippen LogP contribution is -2.36. The molecule has 1 aliphatic carbocycles. The van der Waals surface area contributed by atoms with Gasteiger partial charge in [-0.15, -0.1) is 0 Å². The van der Waals surface area contributed by atoms with Gasteiger partial charge in [0.1, 0.15) is 0 Å². The molecular weight excluding hydrogens is 564 g/mol. The van der Waals surface area contributed by atoms with Gasteiger partial charge in [-0.1, -0.05) is 118 Å². The summed E-state index contributed by atoms with van der Waals surface area (Å²) >= 11 is 0. The van der Waals surface area contributed by atoms with Crippen molar-refractivity contribution in [1.29, 1.82) is 0 Å². The Morgan fingerprint density at radius 2 is 0.826 bits per heavy atom. The molecule has 0 saturated carbocycles. The predicted molar refractivity (Wildman–Crippen MR) is 188 cm³/mol. The molecule has 0 radical (unpaired) electrons. The second-order valence-corrected chi connectivity index (χ2v) is 13.6. The van der Waals surface area contributed by atoms with Gasteiger partial charge in [-0.25, -0.2) is 0 Å². The molecule has 3 nitrogen and oxygen atoms in total. The molecule has 46 heavy (non-hydrogen) atoms. The second kappa shape index (κ2) is 10.4. The summed E-state index contributed by atoms with van der Waals surface area (Å²) in [5, 5.41) is 0. The number of ether oxygens (including phenoxy) is 3. The molecule has 0 aromatic heterocycles. The fourth-order valence-corrected chi connectivity index (χ4v) is 6.94. The average molecular weight is 601 g/mol. The van der Waals surface area contributed by atoms with Crippen LogP contribution >= 0.6 is 0 Å². The van der Waals surface area contributed by atoms with Gasteiger partial charge in [-0.3, -0.25) is 0 Å². The maximum Gasteiger partial charge on any atom is 0.246 e. The van der Waals surface area contributed by atoms with Crippen molar-refractivity contribution in [3.63, 3.8) is 0 Å². The lowest BCUT2D eigenvalue weighted by molar-refractivity contribution is -0.0859. The van der Waals surface area contributed by atoms with Crippen LogP contribution in [0.5, 0.6) is 23.0 Å². The van der Waals surface area contributed by atoms with E-state index in [0.717, 1.165) is 11.1 Å². The first kappa shape index (κ1) is 28.2. The van der Waals surface area contributed by atoms with Gasteiger partial charge < -0.3 is 14.2 Å². The summed E-state index contributed by atoms with van der Waals surface area (Å²) in [6, 6.07) is 45.1. The molecule has 3 heteroatoms. The van der Waals surface area contributed by atoms with Crippen LogP contribution < -0.4 is 14.2 Å². The Morgan fingerprint density at radius 1 is 0.413 bits per heavy atom. The van der Waals surface area contributed by atoms with Gasteiger partial charge in [-0.2, -0.15) is 0 Å². The van der Waals surface area contributed by atoms with Gasteiger partial charge in [0.25, 0.3) is 0 Å². The molecule has 0 unspecified atom stereocenters. The zero-order valence-corrected chi connectivity index (χ0v) is 26.8. The smallest absolute Gasteiger partial charge is 0.246 e. The van der Waals surface area contributed by atoms with Gasteiger partial charge in [0.05, 0.1) is 0 Å². The molecule has 0 N–H and O–H groups in total. The van der Waals surface area contributed by atoms with Crippen LogP contribution in [0.15, 0.2) is 127 Å².